The molecular formula is C50H32N6. The largest absolute Gasteiger partial charge is 0.294 e. The average Bonchev–Trinajstić information content (AvgIpc) is 3.83. The van der Waals surface area contributed by atoms with Gasteiger partial charge in [0, 0.05) is 32.7 Å². The summed E-state index contributed by atoms with van der Waals surface area (Å²) in [6, 6.07) is 52.3. The fraction of sp³-hybridized carbons (Fsp3) is 0. The van der Waals surface area contributed by atoms with Crippen LogP contribution in [0.25, 0.3) is 101 Å². The maximum atomic E-state index is 8.66. The van der Waals surface area contributed by atoms with E-state index < -0.39 is 18.1 Å². The van der Waals surface area contributed by atoms with Gasteiger partial charge in [-0.3, -0.25) is 9.13 Å². The minimum absolute atomic E-state index is 0.0310. The number of benzene rings is 5. The Bertz CT molecular complexity index is 3260. The molecule has 0 saturated carbocycles. The summed E-state index contributed by atoms with van der Waals surface area (Å²) in [7, 11) is 0. The van der Waals surface area contributed by atoms with Gasteiger partial charge in [-0.25, -0.2) is 19.9 Å². The van der Waals surface area contributed by atoms with Crippen LogP contribution in [0.1, 0.15) is 6.85 Å². The monoisotopic (exact) mass is 721 g/mol. The summed E-state index contributed by atoms with van der Waals surface area (Å²) >= 11 is 0. The summed E-state index contributed by atoms with van der Waals surface area (Å²) in [6.07, 6.45) is 0. The molecule has 5 aromatic carbocycles. The average molecular weight is 722 g/mol. The quantitative estimate of drug-likeness (QED) is 0.171. The number of fused-ring (bicyclic) bond motifs is 6. The molecule has 262 valence electrons. The zero-order valence-corrected chi connectivity index (χ0v) is 29.8. The first-order chi connectivity index (χ1) is 29.8. The third-order valence-electron chi connectivity index (χ3n) is 10.2. The van der Waals surface area contributed by atoms with Gasteiger partial charge in [0.25, 0.3) is 0 Å². The highest BCUT2D eigenvalue weighted by molar-refractivity contribution is 6.10. The van der Waals surface area contributed by atoms with Gasteiger partial charge >= 0.3 is 0 Å². The van der Waals surface area contributed by atoms with E-state index in [0.717, 1.165) is 55.2 Å². The first-order valence-corrected chi connectivity index (χ1v) is 18.3. The summed E-state index contributed by atoms with van der Waals surface area (Å²) < 4.78 is 46.4. The molecule has 0 unspecified atom stereocenters. The maximum Gasteiger partial charge on any atom is 0.138 e. The van der Waals surface area contributed by atoms with Crippen LogP contribution in [0, 0.1) is 0 Å². The topological polar surface area (TPSA) is 61.4 Å². The van der Waals surface area contributed by atoms with E-state index in [1.165, 1.54) is 0 Å². The van der Waals surface area contributed by atoms with Crippen LogP contribution in [0.3, 0.4) is 0 Å². The molecule has 0 saturated heterocycles. The molecule has 11 rings (SSSR count). The molecule has 0 aliphatic rings. The highest BCUT2D eigenvalue weighted by Crippen LogP contribution is 2.35. The maximum absolute atomic E-state index is 8.66. The van der Waals surface area contributed by atoms with Gasteiger partial charge in [-0.05, 0) is 72.8 Å². The van der Waals surface area contributed by atoms with Gasteiger partial charge in [-0.15, -0.1) is 0 Å². The summed E-state index contributed by atoms with van der Waals surface area (Å²) in [4.78, 5) is 20.6. The number of rotatable bonds is 6. The predicted molar refractivity (Wildman–Crippen MR) is 228 cm³/mol. The molecule has 0 radical (unpaired) electrons. The fourth-order valence-corrected chi connectivity index (χ4v) is 7.77. The molecule has 11 aromatic rings. The minimum atomic E-state index is -0.454. The van der Waals surface area contributed by atoms with Gasteiger partial charge in [-0.1, -0.05) is 121 Å². The summed E-state index contributed by atoms with van der Waals surface area (Å²) in [5, 5.41) is 4.53. The first kappa shape index (κ1) is 27.0. The molecular weight excluding hydrogens is 685 g/mol. The second kappa shape index (κ2) is 13.0. The van der Waals surface area contributed by atoms with Gasteiger partial charge in [0.05, 0.1) is 63.1 Å². The number of hydrogen-bond donors (Lipinski definition) is 0. The molecule has 6 aromatic heterocycles. The van der Waals surface area contributed by atoms with Crippen molar-refractivity contribution < 1.29 is 6.85 Å². The van der Waals surface area contributed by atoms with E-state index in [9.17, 15) is 0 Å². The highest BCUT2D eigenvalue weighted by Gasteiger charge is 2.18. The molecule has 0 amide bonds. The Morgan fingerprint density at radius 1 is 0.321 bits per heavy atom. The Kier molecular flexibility index (Phi) is 6.26. The Hall–Kier alpha value is -7.70. The minimum Gasteiger partial charge on any atom is -0.294 e. The van der Waals surface area contributed by atoms with Gasteiger partial charge in [0.2, 0.25) is 0 Å². The van der Waals surface area contributed by atoms with E-state index in [-0.39, 0.29) is 23.3 Å². The molecule has 6 heteroatoms. The highest BCUT2D eigenvalue weighted by atomic mass is 15.1. The second-order valence-electron chi connectivity index (χ2n) is 13.5. The Balaban J connectivity index is 1.11. The summed E-state index contributed by atoms with van der Waals surface area (Å²) in [5.74, 6) is 1.47. The van der Waals surface area contributed by atoms with Crippen LogP contribution in [-0.4, -0.2) is 29.1 Å². The van der Waals surface area contributed by atoms with Crippen molar-refractivity contribution in [3.63, 3.8) is 0 Å². The van der Waals surface area contributed by atoms with Crippen molar-refractivity contribution in [2.75, 3.05) is 0 Å². The van der Waals surface area contributed by atoms with Crippen molar-refractivity contribution in [1.29, 1.82) is 0 Å². The number of para-hydroxylation sites is 4. The van der Waals surface area contributed by atoms with Crippen molar-refractivity contribution >= 4 is 43.6 Å². The van der Waals surface area contributed by atoms with Crippen LogP contribution in [0.2, 0.25) is 0 Å². The van der Waals surface area contributed by atoms with Crippen molar-refractivity contribution in [1.82, 2.24) is 29.1 Å². The summed E-state index contributed by atoms with van der Waals surface area (Å²) in [6.45, 7) is 0. The normalized spacial score (nSPS) is 12.8. The van der Waals surface area contributed by atoms with Crippen LogP contribution in [-0.2, 0) is 0 Å². The molecule has 6 heterocycles. The van der Waals surface area contributed by atoms with Crippen LogP contribution >= 0.6 is 0 Å². The van der Waals surface area contributed by atoms with Crippen LogP contribution < -0.4 is 0 Å². The smallest absolute Gasteiger partial charge is 0.138 e. The van der Waals surface area contributed by atoms with Crippen molar-refractivity contribution in [3.8, 4) is 56.9 Å². The molecule has 0 fully saturated rings. The number of aromatic nitrogens is 6. The van der Waals surface area contributed by atoms with Crippen molar-refractivity contribution in [2.45, 2.75) is 0 Å². The Morgan fingerprint density at radius 3 is 1.16 bits per heavy atom. The molecule has 0 bridgehead atoms. The molecule has 6 nitrogen and oxygen atoms in total. The lowest BCUT2D eigenvalue weighted by Gasteiger charge is -2.13. The third-order valence-corrected chi connectivity index (χ3v) is 10.2. The molecule has 0 aliphatic carbocycles. The van der Waals surface area contributed by atoms with Crippen LogP contribution in [0.4, 0.5) is 0 Å². The van der Waals surface area contributed by atoms with E-state index in [1.54, 1.807) is 12.1 Å². The molecule has 0 N–H and O–H groups in total. The lowest BCUT2D eigenvalue weighted by atomic mass is 10.1. The Morgan fingerprint density at radius 2 is 0.696 bits per heavy atom. The molecule has 0 atom stereocenters. The lowest BCUT2D eigenvalue weighted by Crippen LogP contribution is -2.01. The number of nitrogens with zero attached hydrogens (tertiary/aromatic N) is 6. The van der Waals surface area contributed by atoms with E-state index in [0.29, 0.717) is 34.0 Å². The molecule has 0 spiro atoms. The van der Waals surface area contributed by atoms with Crippen LogP contribution in [0.15, 0.2) is 194 Å². The van der Waals surface area contributed by atoms with Crippen LogP contribution in [0.5, 0.6) is 0 Å². The van der Waals surface area contributed by atoms with Gasteiger partial charge in [0.15, 0.2) is 0 Å². The van der Waals surface area contributed by atoms with E-state index in [4.69, 9.17) is 26.8 Å². The first-order valence-electron chi connectivity index (χ1n) is 20.8. The lowest BCUT2D eigenvalue weighted by molar-refractivity contribution is 1.07. The van der Waals surface area contributed by atoms with Crippen molar-refractivity contribution in [2.24, 2.45) is 0 Å². The molecule has 56 heavy (non-hydrogen) atoms. The zero-order chi connectivity index (χ0) is 41.4. The Labute approximate surface area is 329 Å². The number of hydrogen-bond acceptors (Lipinski definition) is 4. The van der Waals surface area contributed by atoms with Gasteiger partial charge in [0.1, 0.15) is 11.6 Å². The van der Waals surface area contributed by atoms with E-state index in [2.05, 4.69) is 57.7 Å². The van der Waals surface area contributed by atoms with Crippen molar-refractivity contribution in [3.05, 3.63) is 194 Å². The second-order valence-corrected chi connectivity index (χ2v) is 13.5. The number of pyridine rings is 4. The van der Waals surface area contributed by atoms with Gasteiger partial charge in [-0.2, -0.15) is 0 Å². The van der Waals surface area contributed by atoms with E-state index >= 15 is 0 Å². The van der Waals surface area contributed by atoms with E-state index in [1.807, 2.05) is 103 Å². The zero-order valence-electron chi connectivity index (χ0n) is 34.8. The fourth-order valence-electron chi connectivity index (χ4n) is 7.77. The van der Waals surface area contributed by atoms with Gasteiger partial charge < -0.3 is 0 Å². The third kappa shape index (κ3) is 5.27. The summed E-state index contributed by atoms with van der Waals surface area (Å²) in [5.41, 5.74) is 8.05. The molecule has 0 aliphatic heterocycles. The standard InChI is InChI=1S/C50H32N6/c1-2-15-33(16-3-1)39-21-12-22-40(51-39)34-31-43(41-23-13-29-49(53-41)55-45-25-8-4-17-35(45)36-18-5-9-26-46(36)55)52-44(32-34)42-24-14-30-50(54-42)56-47-27-10-6-19-37(47)38-20-7-11-28-48(38)56/h1-32H/i1D,2D,3D,15D,16D. The SMILES string of the molecule is [2H]c1c([2H])c([2H])c(-c2cccc(-c3cc(-c4cccc(-n5c6ccccc6c6ccccc65)n4)nc(-c4cccc(-n5c6ccccc6c6ccccc65)n4)c3)n2)c([2H])c1[2H]. The predicted octanol–water partition coefficient (Wildman–Crippen LogP) is 12.1.